The number of ketones is 1. The summed E-state index contributed by atoms with van der Waals surface area (Å²) in [4.78, 5) is 69.4. The number of aryl methyl sites for hydroxylation is 4. The molecule has 0 bridgehead atoms. The van der Waals surface area contributed by atoms with Gasteiger partial charge in [-0.3, -0.25) is 4.79 Å². The first kappa shape index (κ1) is 69.0. The third-order valence-electron chi connectivity index (χ3n) is 13.2. The monoisotopic (exact) mass is 1310 g/mol. The SMILES string of the molecule is CC(C)(C)OC(=O)N1CCC(=O)CC1.Cc1cc(Br)sc1C1CCN(C(=O)OC(C)(C)C)CC1.Cc1ccsc1Br.Cc1ccsc1C1(O)CCN(C(=O)OC(C)(C)C)CC1.Cc1ccsc1C1CCN(C(=O)OC(C)(C)C)CC1. The highest BCUT2D eigenvalue weighted by atomic mass is 79.9. The molecule has 4 aliphatic heterocycles. The fraction of sp³-hybridized carbons (Fsp3) is 0.650. The van der Waals surface area contributed by atoms with Crippen LogP contribution in [0.2, 0.25) is 0 Å². The van der Waals surface area contributed by atoms with Crippen LogP contribution in [0.25, 0.3) is 0 Å². The molecule has 20 heteroatoms. The van der Waals surface area contributed by atoms with Crippen molar-refractivity contribution in [2.75, 3.05) is 52.4 Å². The average Bonchev–Trinajstić information content (AvgIpc) is 4.16. The first-order valence-corrected chi connectivity index (χ1v) is 32.8. The van der Waals surface area contributed by atoms with Gasteiger partial charge < -0.3 is 43.7 Å². The first-order valence-electron chi connectivity index (χ1n) is 27.7. The highest BCUT2D eigenvalue weighted by molar-refractivity contribution is 9.11. The lowest BCUT2D eigenvalue weighted by Crippen LogP contribution is -2.46. The Morgan fingerprint density at radius 1 is 0.512 bits per heavy atom. The first-order chi connectivity index (χ1) is 37.0. The van der Waals surface area contributed by atoms with Crippen molar-refractivity contribution in [3.63, 3.8) is 0 Å². The van der Waals surface area contributed by atoms with Gasteiger partial charge in [-0.05, 0) is 256 Å². The fourth-order valence-electron chi connectivity index (χ4n) is 9.05. The van der Waals surface area contributed by atoms with Crippen molar-refractivity contribution in [3.05, 3.63) is 84.9 Å². The van der Waals surface area contributed by atoms with Crippen LogP contribution in [-0.4, -0.2) is 130 Å². The van der Waals surface area contributed by atoms with Crippen molar-refractivity contribution in [2.24, 2.45) is 0 Å². The second-order valence-electron chi connectivity index (χ2n) is 24.9. The van der Waals surface area contributed by atoms with Crippen LogP contribution in [-0.2, 0) is 29.3 Å². The quantitative estimate of drug-likeness (QED) is 0.196. The number of carbonyl (C=O) groups is 5. The molecule has 8 heterocycles. The predicted octanol–water partition coefficient (Wildman–Crippen LogP) is 16.8. The van der Waals surface area contributed by atoms with Crippen LogP contribution in [0.15, 0.2) is 48.0 Å². The largest absolute Gasteiger partial charge is 0.444 e. The number of nitrogens with zero attached hydrogens (tertiary/aromatic N) is 4. The van der Waals surface area contributed by atoms with Gasteiger partial charge in [-0.1, -0.05) is 0 Å². The molecule has 1 N–H and O–H groups in total. The summed E-state index contributed by atoms with van der Waals surface area (Å²) < 4.78 is 23.8. The molecule has 4 aliphatic rings. The molecule has 4 aromatic rings. The molecular formula is C60H90Br2N4O10S4. The normalized spacial score (nSPS) is 17.3. The Labute approximate surface area is 510 Å². The summed E-state index contributed by atoms with van der Waals surface area (Å²) in [7, 11) is 0. The van der Waals surface area contributed by atoms with Gasteiger partial charge in [-0.2, -0.15) is 0 Å². The maximum Gasteiger partial charge on any atom is 0.410 e. The fourth-order valence-corrected chi connectivity index (χ4v) is 14.3. The molecule has 0 aliphatic carbocycles. The van der Waals surface area contributed by atoms with E-state index in [1.807, 2.05) is 134 Å². The number of likely N-dealkylation sites (tertiary alicyclic amines) is 4. The van der Waals surface area contributed by atoms with E-state index in [1.54, 1.807) is 32.5 Å². The standard InChI is InChI=1S/C15H22BrNO2S.C15H23NO3S.C15H23NO2S.C10H17NO3.C5H5BrS/c1-10-9-12(16)20-13(10)11-5-7-17(8-6-11)14(18)19-15(2,3)4;1-11-5-10-20-12(11)15(18)6-8-16(9-7-15)13(17)19-14(2,3)4;1-11-7-10-19-13(11)12-5-8-16(9-6-12)14(17)18-15(2,3)4;1-10(2,3)14-9(13)11-6-4-8(12)5-7-11;1-4-2-3-7-5(4)6/h9,11H,5-8H2,1-4H3;5,10,18H,6-9H2,1-4H3;7,10,12H,5-6,8-9H2,1-4H3;4-7H2,1-3H3;2-3H,1H3. The molecule has 0 aromatic carbocycles. The van der Waals surface area contributed by atoms with Crippen molar-refractivity contribution < 1.29 is 48.0 Å². The van der Waals surface area contributed by atoms with Crippen LogP contribution < -0.4 is 0 Å². The number of ether oxygens (including phenoxy) is 4. The van der Waals surface area contributed by atoms with E-state index in [2.05, 4.69) is 81.6 Å². The van der Waals surface area contributed by atoms with E-state index < -0.39 is 28.0 Å². The van der Waals surface area contributed by atoms with Gasteiger partial charge in [0, 0.05) is 79.8 Å². The summed E-state index contributed by atoms with van der Waals surface area (Å²) in [6.45, 7) is 36.2. The molecule has 4 fully saturated rings. The van der Waals surface area contributed by atoms with E-state index in [1.165, 1.54) is 34.0 Å². The lowest BCUT2D eigenvalue weighted by molar-refractivity contribution is -0.121. The molecule has 0 radical (unpaired) electrons. The molecule has 4 amide bonds. The summed E-state index contributed by atoms with van der Waals surface area (Å²) in [6.07, 6.45) is 5.21. The number of hydrogen-bond donors (Lipinski definition) is 1. The number of amides is 4. The minimum Gasteiger partial charge on any atom is -0.444 e. The summed E-state index contributed by atoms with van der Waals surface area (Å²) in [5.74, 6) is 1.41. The zero-order valence-electron chi connectivity index (χ0n) is 50.3. The summed E-state index contributed by atoms with van der Waals surface area (Å²) in [6, 6.07) is 8.48. The van der Waals surface area contributed by atoms with Crippen molar-refractivity contribution in [3.8, 4) is 0 Å². The van der Waals surface area contributed by atoms with E-state index in [0.29, 0.717) is 63.7 Å². The van der Waals surface area contributed by atoms with E-state index in [0.717, 1.165) is 62.3 Å². The third kappa shape index (κ3) is 23.6. The number of aliphatic hydroxyl groups is 1. The Bertz CT molecular complexity index is 2580. The van der Waals surface area contributed by atoms with Crippen LogP contribution in [0.5, 0.6) is 0 Å². The minimum atomic E-state index is -0.795. The predicted molar refractivity (Wildman–Crippen MR) is 334 cm³/mol. The van der Waals surface area contributed by atoms with E-state index >= 15 is 0 Å². The van der Waals surface area contributed by atoms with E-state index in [-0.39, 0.29) is 30.2 Å². The van der Waals surface area contributed by atoms with Crippen molar-refractivity contribution in [1.82, 2.24) is 19.6 Å². The minimum absolute atomic E-state index is 0.172. The van der Waals surface area contributed by atoms with Crippen LogP contribution in [0.1, 0.15) is 183 Å². The zero-order chi connectivity index (χ0) is 60.0. The highest BCUT2D eigenvalue weighted by Gasteiger charge is 2.39. The Morgan fingerprint density at radius 3 is 1.19 bits per heavy atom. The van der Waals surface area contributed by atoms with Crippen molar-refractivity contribution >= 4 is 107 Å². The Morgan fingerprint density at radius 2 is 0.875 bits per heavy atom. The van der Waals surface area contributed by atoms with Gasteiger partial charge in [0.25, 0.3) is 0 Å². The van der Waals surface area contributed by atoms with Gasteiger partial charge in [0.1, 0.15) is 33.8 Å². The molecular weight excluding hydrogens is 1220 g/mol. The number of thiophene rings is 4. The molecule has 448 valence electrons. The Hall–Kier alpha value is -3.53. The molecule has 8 rings (SSSR count). The maximum absolute atomic E-state index is 12.0. The number of rotatable bonds is 3. The average molecular weight is 1320 g/mol. The Kier molecular flexibility index (Phi) is 26.1. The van der Waals surface area contributed by atoms with Gasteiger partial charge in [0.2, 0.25) is 0 Å². The van der Waals surface area contributed by atoms with Crippen molar-refractivity contribution in [2.45, 2.75) is 202 Å². The van der Waals surface area contributed by atoms with Crippen LogP contribution >= 0.6 is 77.2 Å². The lowest BCUT2D eigenvalue weighted by atomic mass is 9.88. The summed E-state index contributed by atoms with van der Waals surface area (Å²) >= 11 is 13.9. The second kappa shape index (κ2) is 30.3. The molecule has 80 heavy (non-hydrogen) atoms. The van der Waals surface area contributed by atoms with Crippen molar-refractivity contribution in [1.29, 1.82) is 0 Å². The molecule has 0 saturated carbocycles. The smallest absolute Gasteiger partial charge is 0.410 e. The van der Waals surface area contributed by atoms with E-state index in [4.69, 9.17) is 18.9 Å². The van der Waals surface area contributed by atoms with Gasteiger partial charge in [-0.25, -0.2) is 19.2 Å². The summed E-state index contributed by atoms with van der Waals surface area (Å²) in [5, 5.41) is 17.0. The van der Waals surface area contributed by atoms with Gasteiger partial charge in [-0.15, -0.1) is 45.3 Å². The molecule has 0 unspecified atom stereocenters. The number of hydrogen-bond acceptors (Lipinski definition) is 14. The van der Waals surface area contributed by atoms with Gasteiger partial charge in [0.15, 0.2) is 0 Å². The maximum atomic E-state index is 12.0. The molecule has 0 atom stereocenters. The van der Waals surface area contributed by atoms with E-state index in [9.17, 15) is 29.1 Å². The number of Topliss-reactive ketones (excluding diaryl/α,β-unsaturated/α-hetero) is 1. The lowest BCUT2D eigenvalue weighted by Gasteiger charge is -2.38. The zero-order valence-corrected chi connectivity index (χ0v) is 56.7. The molecule has 4 aromatic heterocycles. The van der Waals surface area contributed by atoms with Crippen LogP contribution in [0, 0.1) is 27.7 Å². The van der Waals surface area contributed by atoms with Crippen LogP contribution in [0.3, 0.4) is 0 Å². The highest BCUT2D eigenvalue weighted by Crippen LogP contribution is 2.40. The van der Waals surface area contributed by atoms with Crippen LogP contribution in [0.4, 0.5) is 19.2 Å². The summed E-state index contributed by atoms with van der Waals surface area (Å²) in [5.41, 5.74) is 2.65. The van der Waals surface area contributed by atoms with Gasteiger partial charge >= 0.3 is 24.4 Å². The third-order valence-corrected chi connectivity index (χ3v) is 19.4. The molecule has 4 saturated heterocycles. The number of halogens is 2. The van der Waals surface area contributed by atoms with Gasteiger partial charge in [0.05, 0.1) is 7.57 Å². The Balaban J connectivity index is 0.000000222. The number of piperidine rings is 4. The number of carbonyl (C=O) groups excluding carboxylic acids is 5. The second-order valence-corrected chi connectivity index (χ2v) is 31.4. The molecule has 0 spiro atoms. The topological polar surface area (TPSA) is 155 Å². The molecule has 14 nitrogen and oxygen atoms in total.